The summed E-state index contributed by atoms with van der Waals surface area (Å²) in [6, 6.07) is 18.0. The lowest BCUT2D eigenvalue weighted by atomic mass is 9.99. The summed E-state index contributed by atoms with van der Waals surface area (Å²) in [4.78, 5) is 17.1. The zero-order valence-corrected chi connectivity index (χ0v) is 19.1. The zero-order valence-electron chi connectivity index (χ0n) is 17.5. The van der Waals surface area contributed by atoms with Crippen molar-refractivity contribution in [3.63, 3.8) is 0 Å². The number of H-pyrrole nitrogens is 2. The molecule has 0 amide bonds. The van der Waals surface area contributed by atoms with E-state index in [1.807, 2.05) is 20.0 Å². The molecule has 0 saturated carbocycles. The van der Waals surface area contributed by atoms with Gasteiger partial charge in [-0.25, -0.2) is 9.97 Å². The van der Waals surface area contributed by atoms with Crippen LogP contribution in [-0.2, 0) is 0 Å². The average Bonchev–Trinajstić information content (AvgIpc) is 3.57. The smallest absolute Gasteiger partial charge is 0.104 e. The first-order valence-corrected chi connectivity index (χ1v) is 12.2. The number of aryl methyl sites for hydroxylation is 2. The third-order valence-electron chi connectivity index (χ3n) is 6.10. The molecule has 0 fully saturated rings. The van der Waals surface area contributed by atoms with E-state index in [-0.39, 0.29) is 0 Å². The van der Waals surface area contributed by atoms with E-state index >= 15 is 0 Å². The molecule has 4 aromatic heterocycles. The van der Waals surface area contributed by atoms with Gasteiger partial charge in [-0.3, -0.25) is 0 Å². The van der Waals surface area contributed by atoms with Gasteiger partial charge in [0.2, 0.25) is 0 Å². The number of rotatable bonds is 2. The molecule has 4 nitrogen and oxygen atoms in total. The maximum atomic E-state index is 4.75. The van der Waals surface area contributed by atoms with Gasteiger partial charge >= 0.3 is 0 Å². The van der Waals surface area contributed by atoms with Crippen molar-refractivity contribution < 1.29 is 0 Å². The predicted molar refractivity (Wildman–Crippen MR) is 137 cm³/mol. The molecule has 0 aliphatic heterocycles. The van der Waals surface area contributed by atoms with E-state index in [0.29, 0.717) is 0 Å². The predicted octanol–water partition coefficient (Wildman–Crippen LogP) is 7.82. The highest BCUT2D eigenvalue weighted by Gasteiger charge is 2.14. The van der Waals surface area contributed by atoms with E-state index < -0.39 is 0 Å². The first-order chi connectivity index (χ1) is 15.6. The largest absolute Gasteiger partial charge is 0.342 e. The van der Waals surface area contributed by atoms with Crippen molar-refractivity contribution in [2.75, 3.05) is 0 Å². The standard InChI is InChI=1S/C26H18N4S2/c1-13-27-12-21(28-13)23-11-17-4-3-16(10-22(17)32-23)15-5-6-18-20(9-15)26-19(7-8-31-26)25-24(18)29-14(2)30-25/h3-12H,1-2H3,(H,27,28)(H,29,30). The van der Waals surface area contributed by atoms with E-state index in [2.05, 4.69) is 68.9 Å². The number of aromatic nitrogens is 4. The van der Waals surface area contributed by atoms with Gasteiger partial charge in [-0.05, 0) is 60.0 Å². The molecule has 0 radical (unpaired) electrons. The second kappa shape index (κ2) is 6.51. The van der Waals surface area contributed by atoms with E-state index in [1.165, 1.54) is 46.9 Å². The number of thiophene rings is 2. The van der Waals surface area contributed by atoms with Crippen LogP contribution in [0.5, 0.6) is 0 Å². The SMILES string of the molecule is Cc1ncc(-c2cc3ccc(-c4ccc5c(c4)c4sccc4c4nc(C)[nH]c54)cc3s2)[nH]1. The van der Waals surface area contributed by atoms with Crippen LogP contribution in [0.4, 0.5) is 0 Å². The van der Waals surface area contributed by atoms with Gasteiger partial charge < -0.3 is 9.97 Å². The summed E-state index contributed by atoms with van der Waals surface area (Å²) in [5.74, 6) is 1.89. The molecule has 32 heavy (non-hydrogen) atoms. The van der Waals surface area contributed by atoms with Crippen molar-refractivity contribution in [3.8, 4) is 21.7 Å². The molecule has 0 atom stereocenters. The summed E-state index contributed by atoms with van der Waals surface area (Å²) in [6.07, 6.45) is 1.91. The molecule has 0 saturated heterocycles. The Morgan fingerprint density at radius 2 is 1.69 bits per heavy atom. The molecule has 0 bridgehead atoms. The van der Waals surface area contributed by atoms with Gasteiger partial charge in [0.15, 0.2) is 0 Å². The molecule has 6 heteroatoms. The Morgan fingerprint density at radius 1 is 0.812 bits per heavy atom. The third kappa shape index (κ3) is 2.60. The number of imidazole rings is 2. The van der Waals surface area contributed by atoms with Crippen LogP contribution in [0.1, 0.15) is 11.6 Å². The number of aromatic amines is 2. The quantitative estimate of drug-likeness (QED) is 0.282. The second-order valence-electron chi connectivity index (χ2n) is 8.22. The molecule has 4 heterocycles. The summed E-state index contributed by atoms with van der Waals surface area (Å²) >= 11 is 3.59. The summed E-state index contributed by atoms with van der Waals surface area (Å²) < 4.78 is 2.58. The molecule has 0 aliphatic carbocycles. The molecule has 3 aromatic carbocycles. The molecule has 0 spiro atoms. The Balaban J connectivity index is 1.42. The fourth-order valence-electron chi connectivity index (χ4n) is 4.60. The van der Waals surface area contributed by atoms with E-state index in [9.17, 15) is 0 Å². The van der Waals surface area contributed by atoms with Crippen LogP contribution in [-0.4, -0.2) is 19.9 Å². The van der Waals surface area contributed by atoms with Gasteiger partial charge in [-0.1, -0.05) is 24.3 Å². The Morgan fingerprint density at radius 3 is 2.56 bits per heavy atom. The van der Waals surface area contributed by atoms with Gasteiger partial charge in [-0.2, -0.15) is 0 Å². The normalized spacial score (nSPS) is 12.1. The Hall–Kier alpha value is -3.48. The first kappa shape index (κ1) is 18.1. The van der Waals surface area contributed by atoms with Crippen LogP contribution in [0.15, 0.2) is 60.1 Å². The van der Waals surface area contributed by atoms with E-state index in [0.717, 1.165) is 28.4 Å². The lowest BCUT2D eigenvalue weighted by molar-refractivity contribution is 1.15. The summed E-state index contributed by atoms with van der Waals surface area (Å²) in [5, 5.41) is 7.16. The summed E-state index contributed by atoms with van der Waals surface area (Å²) in [6.45, 7) is 4.01. The summed E-state index contributed by atoms with van der Waals surface area (Å²) in [5.41, 5.74) is 5.75. The Bertz CT molecular complexity index is 1810. The van der Waals surface area contributed by atoms with Crippen molar-refractivity contribution in [1.29, 1.82) is 0 Å². The molecule has 0 aliphatic rings. The van der Waals surface area contributed by atoms with Crippen LogP contribution in [0, 0.1) is 13.8 Å². The molecule has 7 aromatic rings. The number of benzene rings is 3. The number of nitrogens with one attached hydrogen (secondary N) is 2. The monoisotopic (exact) mass is 450 g/mol. The van der Waals surface area contributed by atoms with Crippen molar-refractivity contribution in [2.24, 2.45) is 0 Å². The van der Waals surface area contributed by atoms with Crippen LogP contribution in [0.3, 0.4) is 0 Å². The zero-order chi connectivity index (χ0) is 21.4. The highest BCUT2D eigenvalue weighted by molar-refractivity contribution is 7.22. The van der Waals surface area contributed by atoms with Gasteiger partial charge in [0.25, 0.3) is 0 Å². The molecule has 0 unspecified atom stereocenters. The second-order valence-corrected chi connectivity index (χ2v) is 10.2. The fraction of sp³-hybridized carbons (Fsp3) is 0.0769. The van der Waals surface area contributed by atoms with Gasteiger partial charge in [0.1, 0.15) is 11.6 Å². The lowest BCUT2D eigenvalue weighted by Crippen LogP contribution is -1.82. The maximum absolute atomic E-state index is 4.75. The van der Waals surface area contributed by atoms with Crippen molar-refractivity contribution >= 4 is 64.7 Å². The fourth-order valence-corrected chi connectivity index (χ4v) is 6.60. The Labute approximate surface area is 191 Å². The molecule has 154 valence electrons. The van der Waals surface area contributed by atoms with Crippen molar-refractivity contribution in [3.05, 3.63) is 71.8 Å². The van der Waals surface area contributed by atoms with Gasteiger partial charge in [0.05, 0.1) is 27.8 Å². The van der Waals surface area contributed by atoms with Gasteiger partial charge in [0, 0.05) is 25.6 Å². The van der Waals surface area contributed by atoms with Crippen LogP contribution in [0.25, 0.3) is 63.7 Å². The number of nitrogens with zero attached hydrogens (tertiary/aromatic N) is 2. The van der Waals surface area contributed by atoms with Crippen molar-refractivity contribution in [1.82, 2.24) is 19.9 Å². The number of hydrogen-bond acceptors (Lipinski definition) is 4. The minimum Gasteiger partial charge on any atom is -0.342 e. The minimum absolute atomic E-state index is 0.941. The maximum Gasteiger partial charge on any atom is 0.104 e. The first-order valence-electron chi connectivity index (χ1n) is 10.5. The lowest BCUT2D eigenvalue weighted by Gasteiger charge is -2.07. The molecule has 7 rings (SSSR count). The number of fused-ring (bicyclic) bond motifs is 7. The average molecular weight is 451 g/mol. The summed E-state index contributed by atoms with van der Waals surface area (Å²) in [7, 11) is 0. The van der Waals surface area contributed by atoms with Crippen LogP contribution < -0.4 is 0 Å². The van der Waals surface area contributed by atoms with E-state index in [1.54, 1.807) is 22.7 Å². The van der Waals surface area contributed by atoms with Crippen LogP contribution >= 0.6 is 22.7 Å². The van der Waals surface area contributed by atoms with Crippen LogP contribution in [0.2, 0.25) is 0 Å². The topological polar surface area (TPSA) is 57.4 Å². The molecular formula is C26H18N4S2. The minimum atomic E-state index is 0.941. The number of hydrogen-bond donors (Lipinski definition) is 2. The van der Waals surface area contributed by atoms with Gasteiger partial charge in [-0.15, -0.1) is 22.7 Å². The highest BCUT2D eigenvalue weighted by atomic mass is 32.1. The van der Waals surface area contributed by atoms with E-state index in [4.69, 9.17) is 4.98 Å². The highest BCUT2D eigenvalue weighted by Crippen LogP contribution is 2.40. The third-order valence-corrected chi connectivity index (χ3v) is 8.18. The molecule has 2 N–H and O–H groups in total. The molecular weight excluding hydrogens is 432 g/mol. The van der Waals surface area contributed by atoms with Crippen molar-refractivity contribution in [2.45, 2.75) is 13.8 Å². The Kier molecular flexibility index (Phi) is 3.69.